The number of anilines is 3. The average molecular weight is 451 g/mol. The van der Waals surface area contributed by atoms with Crippen LogP contribution >= 0.6 is 0 Å². The molecule has 0 unspecified atom stereocenters. The van der Waals surface area contributed by atoms with Gasteiger partial charge in [0.25, 0.3) is 0 Å². The largest absolute Gasteiger partial charge is 0.497 e. The number of benzene rings is 2. The highest BCUT2D eigenvalue weighted by Gasteiger charge is 2.21. The topological polar surface area (TPSA) is 113 Å². The van der Waals surface area contributed by atoms with Gasteiger partial charge in [0.2, 0.25) is 0 Å². The first-order valence-corrected chi connectivity index (χ1v) is 12.0. The number of rotatable bonds is 5. The first-order chi connectivity index (χ1) is 15.5. The molecule has 0 amide bonds. The second-order valence-corrected chi connectivity index (χ2v) is 9.87. The number of nitrogens with one attached hydrogen (secondary N) is 2. The monoisotopic (exact) mass is 450 g/mol. The molecule has 4 aromatic rings. The van der Waals surface area contributed by atoms with Gasteiger partial charge >= 0.3 is 0 Å². The molecule has 2 aromatic heterocycles. The Morgan fingerprint density at radius 1 is 1.00 bits per heavy atom. The highest BCUT2D eigenvalue weighted by atomic mass is 32.2. The average Bonchev–Trinajstić information content (AvgIpc) is 3.29. The Balaban J connectivity index is 1.40. The maximum atomic E-state index is 11.7. The first-order valence-electron chi connectivity index (χ1n) is 10.2. The van der Waals surface area contributed by atoms with E-state index in [4.69, 9.17) is 9.72 Å². The van der Waals surface area contributed by atoms with E-state index in [-0.39, 0.29) is 11.5 Å². The van der Waals surface area contributed by atoms with Gasteiger partial charge < -0.3 is 15.0 Å². The molecule has 32 heavy (non-hydrogen) atoms. The molecule has 1 fully saturated rings. The van der Waals surface area contributed by atoms with E-state index in [9.17, 15) is 8.42 Å². The van der Waals surface area contributed by atoms with E-state index in [2.05, 4.69) is 25.4 Å². The Morgan fingerprint density at radius 2 is 1.72 bits per heavy atom. The van der Waals surface area contributed by atoms with E-state index in [1.54, 1.807) is 13.3 Å². The molecule has 0 aliphatic carbocycles. The molecule has 0 bridgehead atoms. The van der Waals surface area contributed by atoms with Crippen molar-refractivity contribution in [3.8, 4) is 17.1 Å². The SMILES string of the molecule is COc1ccc(-c2nc(Nc3ccc(N4CCS(=O)(=O)CC4)cc3)c3[nH]ncc3n2)cc1. The minimum absolute atomic E-state index is 0.194. The minimum atomic E-state index is -2.90. The van der Waals surface area contributed by atoms with Gasteiger partial charge in [0.05, 0.1) is 24.8 Å². The molecule has 0 radical (unpaired) electrons. The molecule has 0 atom stereocenters. The molecular formula is C22H22N6O3S. The Bertz CT molecular complexity index is 1340. The second-order valence-electron chi connectivity index (χ2n) is 7.57. The summed E-state index contributed by atoms with van der Waals surface area (Å²) in [6.45, 7) is 1.03. The molecule has 9 nitrogen and oxygen atoms in total. The summed E-state index contributed by atoms with van der Waals surface area (Å²) >= 11 is 0. The number of ether oxygens (including phenoxy) is 1. The van der Waals surface area contributed by atoms with Crippen LogP contribution < -0.4 is 15.0 Å². The Hall–Kier alpha value is -3.66. The standard InChI is InChI=1S/C22H22N6O3S/c1-31-18-8-2-15(3-9-18)21-25-19-14-23-27-20(19)22(26-21)24-16-4-6-17(7-5-16)28-10-12-32(29,30)13-11-28/h2-9,14H,10-13H2,1H3,(H,23,27)(H,24,25,26). The summed E-state index contributed by atoms with van der Waals surface area (Å²) in [5, 5.41) is 10.4. The van der Waals surface area contributed by atoms with Gasteiger partial charge in [-0.05, 0) is 48.5 Å². The van der Waals surface area contributed by atoms with Crippen LogP contribution in [0.1, 0.15) is 0 Å². The van der Waals surface area contributed by atoms with Crippen molar-refractivity contribution in [3.63, 3.8) is 0 Å². The summed E-state index contributed by atoms with van der Waals surface area (Å²) in [5.74, 6) is 2.35. The van der Waals surface area contributed by atoms with Crippen LogP contribution in [0.3, 0.4) is 0 Å². The number of nitrogens with zero attached hydrogens (tertiary/aromatic N) is 4. The number of H-pyrrole nitrogens is 1. The first kappa shape index (κ1) is 20.3. The maximum Gasteiger partial charge on any atom is 0.162 e. The van der Waals surface area contributed by atoms with Crippen molar-refractivity contribution < 1.29 is 13.2 Å². The summed E-state index contributed by atoms with van der Waals surface area (Å²) in [4.78, 5) is 11.4. The quantitative estimate of drug-likeness (QED) is 0.477. The Labute approximate surface area is 185 Å². The molecule has 5 rings (SSSR count). The zero-order chi connectivity index (χ0) is 22.1. The summed E-state index contributed by atoms with van der Waals surface area (Å²) in [6.07, 6.45) is 1.67. The molecule has 3 heterocycles. The lowest BCUT2D eigenvalue weighted by atomic mass is 10.2. The van der Waals surface area contributed by atoms with Crippen LogP contribution in [-0.4, -0.2) is 60.3 Å². The normalized spacial score (nSPS) is 15.6. The van der Waals surface area contributed by atoms with Gasteiger partial charge in [-0.2, -0.15) is 5.10 Å². The number of aromatic amines is 1. The van der Waals surface area contributed by atoms with Gasteiger partial charge in [0.15, 0.2) is 21.5 Å². The van der Waals surface area contributed by atoms with Gasteiger partial charge in [0.1, 0.15) is 16.8 Å². The van der Waals surface area contributed by atoms with Crippen molar-refractivity contribution in [2.45, 2.75) is 0 Å². The van der Waals surface area contributed by atoms with Crippen molar-refractivity contribution in [2.24, 2.45) is 0 Å². The predicted octanol–water partition coefficient (Wildman–Crippen LogP) is 3.01. The van der Waals surface area contributed by atoms with Crippen LogP contribution in [0.25, 0.3) is 22.4 Å². The van der Waals surface area contributed by atoms with Crippen LogP contribution in [0.5, 0.6) is 5.75 Å². The van der Waals surface area contributed by atoms with Crippen LogP contribution in [0.2, 0.25) is 0 Å². The van der Waals surface area contributed by atoms with Crippen molar-refractivity contribution in [2.75, 3.05) is 41.9 Å². The molecule has 2 N–H and O–H groups in total. The highest BCUT2D eigenvalue weighted by molar-refractivity contribution is 7.91. The third-order valence-electron chi connectivity index (χ3n) is 5.49. The molecule has 0 spiro atoms. The third kappa shape index (κ3) is 4.09. The third-order valence-corrected chi connectivity index (χ3v) is 7.10. The Kier molecular flexibility index (Phi) is 5.14. The lowest BCUT2D eigenvalue weighted by molar-refractivity contribution is 0.415. The summed E-state index contributed by atoms with van der Waals surface area (Å²) in [6, 6.07) is 15.4. The van der Waals surface area contributed by atoms with Crippen LogP contribution in [0.15, 0.2) is 54.7 Å². The molecule has 10 heteroatoms. The van der Waals surface area contributed by atoms with E-state index in [1.807, 2.05) is 48.5 Å². The van der Waals surface area contributed by atoms with Crippen molar-refractivity contribution in [1.29, 1.82) is 0 Å². The molecule has 164 valence electrons. The maximum absolute atomic E-state index is 11.7. The number of hydrogen-bond donors (Lipinski definition) is 2. The molecular weight excluding hydrogens is 428 g/mol. The lowest BCUT2D eigenvalue weighted by Crippen LogP contribution is -2.40. The van der Waals surface area contributed by atoms with Gasteiger partial charge in [-0.1, -0.05) is 0 Å². The number of fused-ring (bicyclic) bond motifs is 1. The van der Waals surface area contributed by atoms with Crippen molar-refractivity contribution >= 4 is 38.1 Å². The van der Waals surface area contributed by atoms with E-state index < -0.39 is 9.84 Å². The molecule has 0 saturated carbocycles. The molecule has 1 saturated heterocycles. The fraction of sp³-hybridized carbons (Fsp3) is 0.227. The molecule has 2 aromatic carbocycles. The van der Waals surface area contributed by atoms with Gasteiger partial charge in [-0.3, -0.25) is 5.10 Å². The Morgan fingerprint density at radius 3 is 2.41 bits per heavy atom. The molecule has 1 aliphatic rings. The fourth-order valence-electron chi connectivity index (χ4n) is 3.66. The van der Waals surface area contributed by atoms with Gasteiger partial charge in [-0.25, -0.2) is 18.4 Å². The van der Waals surface area contributed by atoms with Gasteiger partial charge in [-0.15, -0.1) is 0 Å². The smallest absolute Gasteiger partial charge is 0.162 e. The van der Waals surface area contributed by atoms with Crippen LogP contribution in [0.4, 0.5) is 17.2 Å². The highest BCUT2D eigenvalue weighted by Crippen LogP contribution is 2.28. The lowest BCUT2D eigenvalue weighted by Gasteiger charge is -2.28. The van der Waals surface area contributed by atoms with E-state index in [0.29, 0.717) is 35.8 Å². The summed E-state index contributed by atoms with van der Waals surface area (Å²) < 4.78 is 28.6. The molecule has 1 aliphatic heterocycles. The van der Waals surface area contributed by atoms with Crippen LogP contribution in [-0.2, 0) is 9.84 Å². The number of hydrogen-bond acceptors (Lipinski definition) is 8. The van der Waals surface area contributed by atoms with E-state index >= 15 is 0 Å². The van der Waals surface area contributed by atoms with Crippen molar-refractivity contribution in [3.05, 3.63) is 54.7 Å². The predicted molar refractivity (Wildman–Crippen MR) is 124 cm³/mol. The number of sulfone groups is 1. The number of methoxy groups -OCH3 is 1. The minimum Gasteiger partial charge on any atom is -0.497 e. The van der Waals surface area contributed by atoms with Gasteiger partial charge in [0, 0.05) is 30.0 Å². The van der Waals surface area contributed by atoms with E-state index in [0.717, 1.165) is 22.7 Å². The van der Waals surface area contributed by atoms with Crippen molar-refractivity contribution in [1.82, 2.24) is 20.2 Å². The summed E-state index contributed by atoms with van der Waals surface area (Å²) in [7, 11) is -1.27. The summed E-state index contributed by atoms with van der Waals surface area (Å²) in [5.41, 5.74) is 4.15. The zero-order valence-electron chi connectivity index (χ0n) is 17.4. The van der Waals surface area contributed by atoms with Crippen LogP contribution in [0, 0.1) is 0 Å². The fourth-order valence-corrected chi connectivity index (χ4v) is 4.86. The second kappa shape index (κ2) is 8.12. The zero-order valence-corrected chi connectivity index (χ0v) is 18.3. The number of aromatic nitrogens is 4. The van der Waals surface area contributed by atoms with E-state index in [1.165, 1.54) is 0 Å².